The summed E-state index contributed by atoms with van der Waals surface area (Å²) in [4.78, 5) is 13.8. The van der Waals surface area contributed by atoms with Crippen LogP contribution in [-0.4, -0.2) is 45.0 Å². The molecule has 8 heteroatoms. The molecule has 22 heavy (non-hydrogen) atoms. The van der Waals surface area contributed by atoms with E-state index in [1.54, 1.807) is 4.90 Å². The lowest BCUT2D eigenvalue weighted by atomic mass is 10.1. The van der Waals surface area contributed by atoms with E-state index in [-0.39, 0.29) is 16.5 Å². The summed E-state index contributed by atoms with van der Waals surface area (Å²) in [5, 5.41) is 5.03. The zero-order valence-corrected chi connectivity index (χ0v) is 13.1. The van der Waals surface area contributed by atoms with Crippen molar-refractivity contribution < 1.29 is 22.3 Å². The van der Waals surface area contributed by atoms with Crippen molar-refractivity contribution in [1.29, 1.82) is 0 Å². The van der Waals surface area contributed by atoms with E-state index in [2.05, 4.69) is 0 Å². The van der Waals surface area contributed by atoms with Crippen LogP contribution in [0.25, 0.3) is 0 Å². The molecule has 1 aromatic rings. The number of halogens is 1. The molecule has 1 aromatic carbocycles. The first kappa shape index (κ1) is 16.9. The number of benzene rings is 1. The molecule has 1 heterocycles. The highest BCUT2D eigenvalue weighted by Crippen LogP contribution is 2.20. The third-order valence-corrected chi connectivity index (χ3v) is 4.52. The number of carbonyl (C=O) groups excluding carboxylic acids is 1. The van der Waals surface area contributed by atoms with Gasteiger partial charge in [0.1, 0.15) is 5.82 Å². The molecule has 1 amide bonds. The molecule has 0 spiro atoms. The summed E-state index contributed by atoms with van der Waals surface area (Å²) in [5.74, 6) is -1.30. The van der Waals surface area contributed by atoms with Gasteiger partial charge >= 0.3 is 0 Å². The Hall–Kier alpha value is -1.51. The van der Waals surface area contributed by atoms with E-state index in [1.807, 2.05) is 6.92 Å². The number of ether oxygens (including phenoxy) is 1. The number of hydrogen-bond acceptors (Lipinski definition) is 4. The molecular formula is C14H19FN2O4S. The molecule has 0 aliphatic carbocycles. The molecule has 1 unspecified atom stereocenters. The van der Waals surface area contributed by atoms with Crippen LogP contribution in [0.5, 0.6) is 0 Å². The van der Waals surface area contributed by atoms with Gasteiger partial charge in [-0.2, -0.15) is 0 Å². The molecule has 1 aliphatic rings. The maximum Gasteiger partial charge on any atom is 0.257 e. The molecule has 1 fully saturated rings. The van der Waals surface area contributed by atoms with Crippen LogP contribution < -0.4 is 5.14 Å². The maximum atomic E-state index is 14.0. The van der Waals surface area contributed by atoms with Crippen molar-refractivity contribution in [3.8, 4) is 0 Å². The van der Waals surface area contributed by atoms with Gasteiger partial charge in [-0.25, -0.2) is 17.9 Å². The van der Waals surface area contributed by atoms with Gasteiger partial charge in [0.05, 0.1) is 29.7 Å². The summed E-state index contributed by atoms with van der Waals surface area (Å²) in [6.07, 6.45) is 1.60. The summed E-state index contributed by atoms with van der Waals surface area (Å²) in [7, 11) is -3.99. The topological polar surface area (TPSA) is 89.7 Å². The van der Waals surface area contributed by atoms with Gasteiger partial charge in [0.2, 0.25) is 10.0 Å². The maximum absolute atomic E-state index is 14.0. The Labute approximate surface area is 129 Å². The minimum atomic E-state index is -3.99. The number of morpholine rings is 1. The third kappa shape index (κ3) is 3.63. The second-order valence-electron chi connectivity index (χ2n) is 5.20. The van der Waals surface area contributed by atoms with Gasteiger partial charge in [-0.15, -0.1) is 0 Å². The summed E-state index contributed by atoms with van der Waals surface area (Å²) in [5.41, 5.74) is -0.283. The molecule has 0 bridgehead atoms. The Morgan fingerprint density at radius 3 is 2.86 bits per heavy atom. The number of nitrogens with zero attached hydrogens (tertiary/aromatic N) is 1. The van der Waals surface area contributed by atoms with Crippen molar-refractivity contribution in [3.63, 3.8) is 0 Å². The molecule has 1 saturated heterocycles. The zero-order valence-electron chi connectivity index (χ0n) is 12.3. The van der Waals surface area contributed by atoms with Crippen molar-refractivity contribution in [1.82, 2.24) is 4.90 Å². The van der Waals surface area contributed by atoms with Crippen molar-refractivity contribution >= 4 is 15.9 Å². The monoisotopic (exact) mass is 330 g/mol. The average Bonchev–Trinajstić information content (AvgIpc) is 2.47. The van der Waals surface area contributed by atoms with Gasteiger partial charge in [-0.05, 0) is 24.6 Å². The number of primary sulfonamides is 1. The zero-order chi connectivity index (χ0) is 16.3. The second kappa shape index (κ2) is 6.72. The van der Waals surface area contributed by atoms with Gasteiger partial charge in [-0.3, -0.25) is 4.79 Å². The lowest BCUT2D eigenvalue weighted by molar-refractivity contribution is -0.00458. The van der Waals surface area contributed by atoms with Crippen molar-refractivity contribution in [2.75, 3.05) is 19.8 Å². The largest absolute Gasteiger partial charge is 0.377 e. The number of amides is 1. The SMILES string of the molecule is CCCC1COCCN1C(=O)c1cc(S(N)(=O)=O)ccc1F. The second-order valence-corrected chi connectivity index (χ2v) is 6.76. The highest BCUT2D eigenvalue weighted by molar-refractivity contribution is 7.89. The molecule has 2 N–H and O–H groups in total. The third-order valence-electron chi connectivity index (χ3n) is 3.61. The Morgan fingerprint density at radius 1 is 1.50 bits per heavy atom. The standard InChI is InChI=1S/C14H19FN2O4S/c1-2-3-10-9-21-7-6-17(10)14(18)12-8-11(22(16,19)20)4-5-13(12)15/h4-5,8,10H,2-3,6-7,9H2,1H3,(H2,16,19,20). The van der Waals surface area contributed by atoms with Gasteiger partial charge in [-0.1, -0.05) is 13.3 Å². The molecule has 0 saturated carbocycles. The molecular weight excluding hydrogens is 311 g/mol. The number of nitrogens with two attached hydrogens (primary N) is 1. The van der Waals surface area contributed by atoms with E-state index in [0.29, 0.717) is 19.8 Å². The minimum absolute atomic E-state index is 0.135. The molecule has 1 atom stereocenters. The Balaban J connectivity index is 2.35. The highest BCUT2D eigenvalue weighted by atomic mass is 32.2. The van der Waals surface area contributed by atoms with Crippen LogP contribution in [0.15, 0.2) is 23.1 Å². The van der Waals surface area contributed by atoms with Crippen LogP contribution in [0.3, 0.4) is 0 Å². The van der Waals surface area contributed by atoms with Crippen LogP contribution >= 0.6 is 0 Å². The fraction of sp³-hybridized carbons (Fsp3) is 0.500. The van der Waals surface area contributed by atoms with Crippen LogP contribution in [0.4, 0.5) is 4.39 Å². The van der Waals surface area contributed by atoms with Crippen molar-refractivity contribution in [3.05, 3.63) is 29.6 Å². The first-order valence-electron chi connectivity index (χ1n) is 7.05. The predicted molar refractivity (Wildman–Crippen MR) is 78.3 cm³/mol. The van der Waals surface area contributed by atoms with Crippen LogP contribution in [0.1, 0.15) is 30.1 Å². The van der Waals surface area contributed by atoms with E-state index in [9.17, 15) is 17.6 Å². The summed E-state index contributed by atoms with van der Waals surface area (Å²) in [6, 6.07) is 2.85. The lowest BCUT2D eigenvalue weighted by Crippen LogP contribution is -2.48. The van der Waals surface area contributed by atoms with Gasteiger partial charge < -0.3 is 9.64 Å². The summed E-state index contributed by atoms with van der Waals surface area (Å²) >= 11 is 0. The van der Waals surface area contributed by atoms with Gasteiger partial charge in [0.25, 0.3) is 5.91 Å². The van der Waals surface area contributed by atoms with E-state index in [1.165, 1.54) is 0 Å². The Morgan fingerprint density at radius 2 is 2.23 bits per heavy atom. The highest BCUT2D eigenvalue weighted by Gasteiger charge is 2.29. The first-order valence-corrected chi connectivity index (χ1v) is 8.60. The molecule has 0 radical (unpaired) electrons. The van der Waals surface area contributed by atoms with Crippen LogP contribution in [-0.2, 0) is 14.8 Å². The Kier molecular flexibility index (Phi) is 5.15. The lowest BCUT2D eigenvalue weighted by Gasteiger charge is -2.35. The van der Waals surface area contributed by atoms with Crippen LogP contribution in [0.2, 0.25) is 0 Å². The van der Waals surface area contributed by atoms with Gasteiger partial charge in [0, 0.05) is 6.54 Å². The first-order chi connectivity index (χ1) is 10.3. The van der Waals surface area contributed by atoms with Crippen molar-refractivity contribution in [2.24, 2.45) is 5.14 Å². The van der Waals surface area contributed by atoms with Gasteiger partial charge in [0.15, 0.2) is 0 Å². The van der Waals surface area contributed by atoms with E-state index < -0.39 is 21.7 Å². The normalized spacial score (nSPS) is 19.2. The summed E-state index contributed by atoms with van der Waals surface area (Å²) in [6.45, 7) is 3.11. The quantitative estimate of drug-likeness (QED) is 0.895. The molecule has 2 rings (SSSR count). The number of hydrogen-bond donors (Lipinski definition) is 1. The molecule has 6 nitrogen and oxygen atoms in total. The van der Waals surface area contributed by atoms with Crippen molar-refractivity contribution in [2.45, 2.75) is 30.7 Å². The van der Waals surface area contributed by atoms with E-state index >= 15 is 0 Å². The number of rotatable bonds is 4. The molecule has 1 aliphatic heterocycles. The fourth-order valence-corrected chi connectivity index (χ4v) is 3.03. The smallest absolute Gasteiger partial charge is 0.257 e. The minimum Gasteiger partial charge on any atom is -0.377 e. The average molecular weight is 330 g/mol. The number of carbonyl (C=O) groups is 1. The molecule has 122 valence electrons. The van der Waals surface area contributed by atoms with E-state index in [4.69, 9.17) is 9.88 Å². The summed E-state index contributed by atoms with van der Waals surface area (Å²) < 4.78 is 42.1. The number of sulfonamides is 1. The predicted octanol–water partition coefficient (Wildman–Crippen LogP) is 1.11. The van der Waals surface area contributed by atoms with E-state index in [0.717, 1.165) is 31.0 Å². The van der Waals surface area contributed by atoms with Crippen LogP contribution in [0, 0.1) is 5.82 Å². The fourth-order valence-electron chi connectivity index (χ4n) is 2.49. The molecule has 0 aromatic heterocycles. The Bertz CT molecular complexity index is 661.